The number of H-pyrrole nitrogens is 1. The summed E-state index contributed by atoms with van der Waals surface area (Å²) in [5.74, 6) is 0.100. The SMILES string of the molecule is CCc1nc(C(=O)Nc2cccc([N+](=O)[O-])c2C)n[nH]1. The number of hydrogen-bond donors (Lipinski definition) is 2. The van der Waals surface area contributed by atoms with Gasteiger partial charge in [-0.3, -0.25) is 20.0 Å². The first-order chi connectivity index (χ1) is 9.52. The molecule has 0 bridgehead atoms. The van der Waals surface area contributed by atoms with Gasteiger partial charge in [0, 0.05) is 12.5 Å². The zero-order valence-electron chi connectivity index (χ0n) is 11.0. The minimum absolute atomic E-state index is 0.00718. The largest absolute Gasteiger partial charge is 0.319 e. The number of rotatable bonds is 4. The molecule has 1 aromatic carbocycles. The number of carbonyl (C=O) groups excluding carboxylic acids is 1. The lowest BCUT2D eigenvalue weighted by molar-refractivity contribution is -0.385. The van der Waals surface area contributed by atoms with Gasteiger partial charge in [0.2, 0.25) is 5.82 Å². The topological polar surface area (TPSA) is 114 Å². The molecule has 0 aliphatic heterocycles. The molecule has 8 nitrogen and oxygen atoms in total. The maximum Gasteiger partial charge on any atom is 0.295 e. The van der Waals surface area contributed by atoms with Crippen LogP contribution in [0, 0.1) is 17.0 Å². The van der Waals surface area contributed by atoms with Gasteiger partial charge in [0.25, 0.3) is 11.6 Å². The van der Waals surface area contributed by atoms with Gasteiger partial charge in [-0.2, -0.15) is 0 Å². The van der Waals surface area contributed by atoms with Crippen LogP contribution in [0.2, 0.25) is 0 Å². The van der Waals surface area contributed by atoms with Crippen molar-refractivity contribution in [3.05, 3.63) is 45.5 Å². The molecule has 1 amide bonds. The first-order valence-electron chi connectivity index (χ1n) is 5.99. The number of amides is 1. The van der Waals surface area contributed by atoms with E-state index in [1.54, 1.807) is 13.0 Å². The Bertz CT molecular complexity index is 665. The summed E-state index contributed by atoms with van der Waals surface area (Å²) >= 11 is 0. The highest BCUT2D eigenvalue weighted by Gasteiger charge is 2.17. The first kappa shape index (κ1) is 13.7. The van der Waals surface area contributed by atoms with Gasteiger partial charge in [-0.25, -0.2) is 4.98 Å². The van der Waals surface area contributed by atoms with E-state index in [0.717, 1.165) is 0 Å². The Labute approximate surface area is 114 Å². The van der Waals surface area contributed by atoms with Crippen LogP contribution in [0.4, 0.5) is 11.4 Å². The molecule has 20 heavy (non-hydrogen) atoms. The van der Waals surface area contributed by atoms with Gasteiger partial charge in [0.05, 0.1) is 16.2 Å². The second kappa shape index (κ2) is 5.47. The van der Waals surface area contributed by atoms with E-state index in [-0.39, 0.29) is 11.5 Å². The number of nitrogens with one attached hydrogen (secondary N) is 2. The van der Waals surface area contributed by atoms with E-state index in [2.05, 4.69) is 20.5 Å². The molecule has 0 radical (unpaired) electrons. The number of nitro groups is 1. The number of anilines is 1. The fourth-order valence-electron chi connectivity index (χ4n) is 1.69. The van der Waals surface area contributed by atoms with Gasteiger partial charge < -0.3 is 5.32 Å². The molecular formula is C12H13N5O3. The van der Waals surface area contributed by atoms with Crippen molar-refractivity contribution in [2.75, 3.05) is 5.32 Å². The van der Waals surface area contributed by atoms with Crippen LogP contribution < -0.4 is 5.32 Å². The number of nitrogens with zero attached hydrogens (tertiary/aromatic N) is 3. The maximum atomic E-state index is 12.0. The zero-order valence-corrected chi connectivity index (χ0v) is 11.0. The van der Waals surface area contributed by atoms with Crippen molar-refractivity contribution in [1.82, 2.24) is 15.2 Å². The summed E-state index contributed by atoms with van der Waals surface area (Å²) in [6.45, 7) is 3.45. The van der Waals surface area contributed by atoms with Gasteiger partial charge in [-0.1, -0.05) is 13.0 Å². The Balaban J connectivity index is 2.24. The minimum atomic E-state index is -0.510. The number of aromatic amines is 1. The first-order valence-corrected chi connectivity index (χ1v) is 5.99. The third-order valence-corrected chi connectivity index (χ3v) is 2.82. The number of nitro benzene ring substituents is 1. The lowest BCUT2D eigenvalue weighted by atomic mass is 10.1. The minimum Gasteiger partial charge on any atom is -0.319 e. The monoisotopic (exact) mass is 275 g/mol. The second-order valence-electron chi connectivity index (χ2n) is 4.12. The van der Waals surface area contributed by atoms with Crippen molar-refractivity contribution in [1.29, 1.82) is 0 Å². The average Bonchev–Trinajstić information content (AvgIpc) is 2.89. The normalized spacial score (nSPS) is 10.3. The number of hydrogen-bond acceptors (Lipinski definition) is 5. The van der Waals surface area contributed by atoms with E-state index >= 15 is 0 Å². The Morgan fingerprint density at radius 3 is 2.85 bits per heavy atom. The summed E-state index contributed by atoms with van der Waals surface area (Å²) < 4.78 is 0. The van der Waals surface area contributed by atoms with Gasteiger partial charge >= 0.3 is 0 Å². The van der Waals surface area contributed by atoms with Crippen molar-refractivity contribution in [3.63, 3.8) is 0 Å². The summed E-state index contributed by atoms with van der Waals surface area (Å²) in [7, 11) is 0. The molecule has 104 valence electrons. The predicted octanol–water partition coefficient (Wildman–Crippen LogP) is 1.84. The van der Waals surface area contributed by atoms with Crippen LogP contribution in [0.3, 0.4) is 0 Å². The summed E-state index contributed by atoms with van der Waals surface area (Å²) in [4.78, 5) is 26.3. The van der Waals surface area contributed by atoms with Crippen LogP contribution in [-0.4, -0.2) is 26.0 Å². The number of benzene rings is 1. The van der Waals surface area contributed by atoms with E-state index in [1.165, 1.54) is 12.1 Å². The quantitative estimate of drug-likeness (QED) is 0.652. The number of aryl methyl sites for hydroxylation is 1. The Morgan fingerprint density at radius 1 is 1.50 bits per heavy atom. The van der Waals surface area contributed by atoms with Crippen LogP contribution >= 0.6 is 0 Å². The molecule has 0 atom stereocenters. The molecule has 0 saturated heterocycles. The lowest BCUT2D eigenvalue weighted by Gasteiger charge is -2.06. The third-order valence-electron chi connectivity index (χ3n) is 2.82. The van der Waals surface area contributed by atoms with Gasteiger partial charge in [0.15, 0.2) is 0 Å². The summed E-state index contributed by atoms with van der Waals surface area (Å²) in [5, 5.41) is 19.8. The molecule has 0 aliphatic rings. The van der Waals surface area contributed by atoms with Crippen LogP contribution in [-0.2, 0) is 6.42 Å². The van der Waals surface area contributed by atoms with Crippen LogP contribution in [0.1, 0.15) is 28.9 Å². The smallest absolute Gasteiger partial charge is 0.295 e. The highest BCUT2D eigenvalue weighted by atomic mass is 16.6. The highest BCUT2D eigenvalue weighted by molar-refractivity contribution is 6.02. The molecule has 2 aromatic rings. The molecule has 0 saturated carbocycles. The van der Waals surface area contributed by atoms with Crippen LogP contribution in [0.25, 0.3) is 0 Å². The molecule has 0 spiro atoms. The number of carbonyl (C=O) groups is 1. The van der Waals surface area contributed by atoms with Crippen LogP contribution in [0.15, 0.2) is 18.2 Å². The fourth-order valence-corrected chi connectivity index (χ4v) is 1.69. The van der Waals surface area contributed by atoms with E-state index < -0.39 is 10.8 Å². The summed E-state index contributed by atoms with van der Waals surface area (Å²) in [6, 6.07) is 4.48. The number of aromatic nitrogens is 3. The molecule has 0 aliphatic carbocycles. The molecule has 2 N–H and O–H groups in total. The zero-order chi connectivity index (χ0) is 14.7. The summed E-state index contributed by atoms with van der Waals surface area (Å²) in [6.07, 6.45) is 0.635. The second-order valence-corrected chi connectivity index (χ2v) is 4.12. The molecule has 2 rings (SSSR count). The van der Waals surface area contributed by atoms with Crippen molar-refractivity contribution in [3.8, 4) is 0 Å². The van der Waals surface area contributed by atoms with Crippen molar-refractivity contribution in [2.45, 2.75) is 20.3 Å². The Morgan fingerprint density at radius 2 is 2.25 bits per heavy atom. The standard InChI is InChI=1S/C12H13N5O3/c1-3-10-14-11(16-15-10)12(18)13-8-5-4-6-9(7(8)2)17(19)20/h4-6H,3H2,1-2H3,(H,13,18)(H,14,15,16). The van der Waals surface area contributed by atoms with Crippen molar-refractivity contribution < 1.29 is 9.72 Å². The molecule has 1 heterocycles. The molecule has 0 fully saturated rings. The highest BCUT2D eigenvalue weighted by Crippen LogP contribution is 2.25. The van der Waals surface area contributed by atoms with Gasteiger partial charge in [0.1, 0.15) is 5.82 Å². The third kappa shape index (κ3) is 2.63. The van der Waals surface area contributed by atoms with Gasteiger partial charge in [-0.15, -0.1) is 5.10 Å². The average molecular weight is 275 g/mol. The van der Waals surface area contributed by atoms with E-state index in [0.29, 0.717) is 23.5 Å². The van der Waals surface area contributed by atoms with Crippen molar-refractivity contribution >= 4 is 17.3 Å². The van der Waals surface area contributed by atoms with E-state index in [9.17, 15) is 14.9 Å². The molecule has 8 heteroatoms. The van der Waals surface area contributed by atoms with Crippen LogP contribution in [0.5, 0.6) is 0 Å². The van der Waals surface area contributed by atoms with E-state index in [1.807, 2.05) is 6.92 Å². The fraction of sp³-hybridized carbons (Fsp3) is 0.250. The van der Waals surface area contributed by atoms with Crippen molar-refractivity contribution in [2.24, 2.45) is 0 Å². The maximum absolute atomic E-state index is 12.0. The van der Waals surface area contributed by atoms with Gasteiger partial charge in [-0.05, 0) is 13.0 Å². The lowest BCUT2D eigenvalue weighted by Crippen LogP contribution is -2.15. The predicted molar refractivity (Wildman–Crippen MR) is 71.5 cm³/mol. The Kier molecular flexibility index (Phi) is 3.74. The molecule has 1 aromatic heterocycles. The summed E-state index contributed by atoms with van der Waals surface area (Å²) in [5.41, 5.74) is 0.705. The Hall–Kier alpha value is -2.77. The van der Waals surface area contributed by atoms with E-state index in [4.69, 9.17) is 0 Å². The molecular weight excluding hydrogens is 262 g/mol. The molecule has 0 unspecified atom stereocenters.